The number of rotatable bonds is 5. The lowest BCUT2D eigenvalue weighted by Gasteiger charge is -2.19. The smallest absolute Gasteiger partial charge is 0.320 e. The summed E-state index contributed by atoms with van der Waals surface area (Å²) in [6.07, 6.45) is 0. The third-order valence-corrected chi connectivity index (χ3v) is 6.29. The first-order valence-corrected chi connectivity index (χ1v) is 11.5. The molecule has 2 N–H and O–H groups in total. The van der Waals surface area contributed by atoms with Gasteiger partial charge < -0.3 is 9.79 Å². The zero-order valence-corrected chi connectivity index (χ0v) is 18.0. The van der Waals surface area contributed by atoms with Crippen molar-refractivity contribution in [2.75, 3.05) is 5.75 Å². The molecular weight excluding hydrogens is 513 g/mol. The van der Waals surface area contributed by atoms with Gasteiger partial charge >= 0.3 is 13.3 Å². The molecule has 0 atom stereocenters. The number of hydrogen-bond donors (Lipinski definition) is 2. The molecule has 0 aliphatic carbocycles. The van der Waals surface area contributed by atoms with Crippen LogP contribution in [-0.4, -0.2) is 15.5 Å². The van der Waals surface area contributed by atoms with Crippen LogP contribution < -0.4 is 0 Å². The molecule has 9 heteroatoms. The molecule has 26 heavy (non-hydrogen) atoms. The van der Waals surface area contributed by atoms with Crippen molar-refractivity contribution < 1.29 is 23.1 Å². The number of hydrogen-bond acceptors (Lipinski definition) is 2. The highest BCUT2D eigenvalue weighted by Crippen LogP contribution is 2.60. The maximum Gasteiger partial charge on any atom is 0.399 e. The van der Waals surface area contributed by atoms with E-state index in [1.54, 1.807) is 0 Å². The minimum absolute atomic E-state index is 0.0372. The molecule has 0 bridgehead atoms. The zero-order chi connectivity index (χ0) is 19.4. The van der Waals surface area contributed by atoms with Crippen LogP contribution in [0.1, 0.15) is 16.7 Å². The average molecular weight is 526 g/mol. The fraction of sp³-hybridized carbons (Fsp3) is 0.176. The zero-order valence-electron chi connectivity index (χ0n) is 13.1. The van der Waals surface area contributed by atoms with E-state index in [0.717, 1.165) is 21.7 Å². The van der Waals surface area contributed by atoms with Crippen LogP contribution >= 0.6 is 51.2 Å². The first-order valence-electron chi connectivity index (χ1n) is 7.16. The van der Waals surface area contributed by atoms with Crippen LogP contribution in [0.25, 0.3) is 0 Å². The Kier molecular flexibility index (Phi) is 7.49. The summed E-state index contributed by atoms with van der Waals surface area (Å²) in [7, 11) is -5.59. The molecule has 0 saturated carbocycles. The van der Waals surface area contributed by atoms with Crippen LogP contribution in [0.3, 0.4) is 0 Å². The highest BCUT2D eigenvalue weighted by Gasteiger charge is 2.51. The third kappa shape index (κ3) is 5.66. The summed E-state index contributed by atoms with van der Waals surface area (Å²) >= 11 is 7.83. The molecule has 2 aromatic rings. The Hall–Kier alpha value is -0.680. The first-order chi connectivity index (χ1) is 12.1. The van der Waals surface area contributed by atoms with E-state index < -0.39 is 18.8 Å². The number of halogens is 4. The van der Waals surface area contributed by atoms with Crippen LogP contribution in [-0.2, 0) is 16.0 Å². The van der Waals surface area contributed by atoms with Gasteiger partial charge in [0.1, 0.15) is 0 Å². The van der Waals surface area contributed by atoms with E-state index in [1.807, 2.05) is 24.3 Å². The minimum atomic E-state index is -5.59. The Morgan fingerprint density at radius 2 is 1.77 bits per heavy atom. The van der Waals surface area contributed by atoms with Gasteiger partial charge in [-0.15, -0.1) is 11.8 Å². The Balaban J connectivity index is 1.96. The highest BCUT2D eigenvalue weighted by molar-refractivity contribution is 9.10. The summed E-state index contributed by atoms with van der Waals surface area (Å²) in [6.45, 7) is 0. The molecule has 0 saturated heterocycles. The standard InChI is InChI=1S/C17H13Br2F2O3PS/c18-14-6-3-12(4-7-14)2-1-9-26-11-13-5-8-15(16(19)10-13)17(20,21)25(22,23)24/h3-8,10H,9,11H2,(H2,22,23,24). The van der Waals surface area contributed by atoms with Crippen LogP contribution in [0.2, 0.25) is 0 Å². The molecule has 0 fully saturated rings. The molecular formula is C17H13Br2F2O3PS. The van der Waals surface area contributed by atoms with Gasteiger partial charge in [0.05, 0.1) is 5.75 Å². The molecule has 2 aromatic carbocycles. The molecule has 0 aliphatic heterocycles. The van der Waals surface area contributed by atoms with E-state index >= 15 is 0 Å². The third-order valence-electron chi connectivity index (χ3n) is 3.24. The van der Waals surface area contributed by atoms with E-state index in [-0.39, 0.29) is 4.47 Å². The van der Waals surface area contributed by atoms with Gasteiger partial charge in [0.2, 0.25) is 0 Å². The quantitative estimate of drug-likeness (QED) is 0.297. The van der Waals surface area contributed by atoms with E-state index in [4.69, 9.17) is 9.79 Å². The van der Waals surface area contributed by atoms with Crippen molar-refractivity contribution in [1.29, 1.82) is 0 Å². The van der Waals surface area contributed by atoms with Crippen LogP contribution in [0, 0.1) is 11.8 Å². The molecule has 0 heterocycles. The monoisotopic (exact) mass is 524 g/mol. The van der Waals surface area contributed by atoms with Gasteiger partial charge in [0.25, 0.3) is 0 Å². The predicted molar refractivity (Wildman–Crippen MR) is 107 cm³/mol. The molecule has 0 aromatic heterocycles. The first kappa shape index (κ1) is 21.6. The molecule has 0 aliphatic rings. The van der Waals surface area contributed by atoms with Crippen LogP contribution in [0.4, 0.5) is 8.78 Å². The summed E-state index contributed by atoms with van der Waals surface area (Å²) in [5.74, 6) is 7.15. The van der Waals surface area contributed by atoms with Gasteiger partial charge in [-0.1, -0.05) is 55.8 Å². The molecule has 0 spiro atoms. The van der Waals surface area contributed by atoms with Crippen LogP contribution in [0.5, 0.6) is 0 Å². The average Bonchev–Trinajstić information content (AvgIpc) is 2.55. The normalized spacial score (nSPS) is 11.8. The van der Waals surface area contributed by atoms with Gasteiger partial charge in [0, 0.05) is 25.8 Å². The lowest BCUT2D eigenvalue weighted by molar-refractivity contribution is 0.0557. The Morgan fingerprint density at radius 3 is 2.35 bits per heavy atom. The van der Waals surface area contributed by atoms with Crippen molar-refractivity contribution in [3.05, 3.63) is 68.1 Å². The topological polar surface area (TPSA) is 57.5 Å². The number of alkyl halides is 2. The van der Waals surface area contributed by atoms with Gasteiger partial charge in [-0.2, -0.15) is 8.78 Å². The SMILES string of the molecule is O=P(O)(O)C(F)(F)c1ccc(CSCC#Cc2ccc(Br)cc2)cc1Br. The summed E-state index contributed by atoms with van der Waals surface area (Å²) in [5, 5.41) is 0. The van der Waals surface area contributed by atoms with Crippen molar-refractivity contribution in [2.45, 2.75) is 11.4 Å². The maximum atomic E-state index is 13.8. The second kappa shape index (κ2) is 9.01. The Morgan fingerprint density at radius 1 is 1.12 bits per heavy atom. The van der Waals surface area contributed by atoms with Crippen molar-refractivity contribution in [3.8, 4) is 11.8 Å². The van der Waals surface area contributed by atoms with Crippen molar-refractivity contribution in [2.24, 2.45) is 0 Å². The molecule has 0 unspecified atom stereocenters. The van der Waals surface area contributed by atoms with E-state index in [9.17, 15) is 13.3 Å². The van der Waals surface area contributed by atoms with E-state index in [0.29, 0.717) is 11.5 Å². The highest BCUT2D eigenvalue weighted by atomic mass is 79.9. The largest absolute Gasteiger partial charge is 0.399 e. The predicted octanol–water partition coefficient (Wildman–Crippen LogP) is 5.72. The van der Waals surface area contributed by atoms with Crippen molar-refractivity contribution >= 4 is 51.2 Å². The molecule has 2 rings (SSSR count). The molecule has 3 nitrogen and oxygen atoms in total. The van der Waals surface area contributed by atoms with Crippen LogP contribution in [0.15, 0.2) is 51.4 Å². The fourth-order valence-electron chi connectivity index (χ4n) is 1.94. The second-order valence-corrected chi connectivity index (χ2v) is 9.61. The Bertz CT molecular complexity index is 889. The van der Waals surface area contributed by atoms with Crippen molar-refractivity contribution in [1.82, 2.24) is 0 Å². The maximum absolute atomic E-state index is 13.8. The van der Waals surface area contributed by atoms with E-state index in [2.05, 4.69) is 43.7 Å². The number of benzene rings is 2. The van der Waals surface area contributed by atoms with Gasteiger partial charge in [-0.3, -0.25) is 4.57 Å². The van der Waals surface area contributed by atoms with Gasteiger partial charge in [-0.25, -0.2) is 0 Å². The van der Waals surface area contributed by atoms with Gasteiger partial charge in [-0.05, 0) is 35.9 Å². The van der Waals surface area contributed by atoms with E-state index in [1.165, 1.54) is 23.9 Å². The second-order valence-electron chi connectivity index (χ2n) is 5.20. The minimum Gasteiger partial charge on any atom is -0.320 e. The van der Waals surface area contributed by atoms with Crippen molar-refractivity contribution in [3.63, 3.8) is 0 Å². The lowest BCUT2D eigenvalue weighted by Crippen LogP contribution is -2.14. The summed E-state index contributed by atoms with van der Waals surface area (Å²) in [5.41, 5.74) is -3.30. The lowest BCUT2D eigenvalue weighted by atomic mass is 10.1. The fourth-order valence-corrected chi connectivity index (χ4v) is 4.23. The van der Waals surface area contributed by atoms with Gasteiger partial charge in [0.15, 0.2) is 0 Å². The number of thioether (sulfide) groups is 1. The molecule has 0 amide bonds. The Labute approximate surface area is 171 Å². The molecule has 0 radical (unpaired) electrons. The summed E-state index contributed by atoms with van der Waals surface area (Å²) in [6, 6.07) is 11.5. The summed E-state index contributed by atoms with van der Waals surface area (Å²) in [4.78, 5) is 17.6. The summed E-state index contributed by atoms with van der Waals surface area (Å²) < 4.78 is 39.5. The molecule has 138 valence electrons.